The molecule has 0 aromatic heterocycles. The third kappa shape index (κ3) is 3.41. The molecule has 1 spiro atoms. The molecule has 1 aromatic rings. The van der Waals surface area contributed by atoms with Crippen molar-refractivity contribution in [1.29, 1.82) is 0 Å². The van der Waals surface area contributed by atoms with Gasteiger partial charge in [0.25, 0.3) is 5.91 Å². The molecule has 1 amide bonds. The average Bonchev–Trinajstić information content (AvgIpc) is 3.31. The number of likely N-dealkylation sites (tertiary alicyclic amines) is 2. The number of carbonyl (C=O) groups excluding carboxylic acids is 1. The minimum absolute atomic E-state index is 0.317. The lowest BCUT2D eigenvalue weighted by molar-refractivity contribution is -0.135. The normalized spacial score (nSPS) is 32.2. The summed E-state index contributed by atoms with van der Waals surface area (Å²) in [5.41, 5.74) is 8.44. The van der Waals surface area contributed by atoms with Crippen LogP contribution in [-0.4, -0.2) is 53.6 Å². The van der Waals surface area contributed by atoms with Gasteiger partial charge in [-0.05, 0) is 86.0 Å². The molecule has 5 heteroatoms. The Kier molecular flexibility index (Phi) is 5.67. The van der Waals surface area contributed by atoms with E-state index in [-0.39, 0.29) is 5.91 Å². The number of benzene rings is 1. The smallest absolute Gasteiger partial charge is 0.262 e. The number of nitrogens with two attached hydrogens (primary N) is 1. The number of dihydropyridines is 1. The van der Waals surface area contributed by atoms with Gasteiger partial charge < -0.3 is 11.1 Å². The van der Waals surface area contributed by atoms with Crippen molar-refractivity contribution < 1.29 is 4.79 Å². The van der Waals surface area contributed by atoms with Gasteiger partial charge in [-0.1, -0.05) is 44.2 Å². The summed E-state index contributed by atoms with van der Waals surface area (Å²) in [5, 5.41) is 3.26. The largest absolute Gasteiger partial charge is 0.366 e. The Morgan fingerprint density at radius 3 is 2.44 bits per heavy atom. The SMILES string of the molecule is CC(C)c1ccccc1C1CC2(CCN(C3(C(N)=O)C=CC=CN3)CC2)[C@H]1N1CCCC1. The van der Waals surface area contributed by atoms with Gasteiger partial charge in [-0.2, -0.15) is 0 Å². The van der Waals surface area contributed by atoms with E-state index in [4.69, 9.17) is 5.73 Å². The molecule has 0 radical (unpaired) electrons. The maximum Gasteiger partial charge on any atom is 0.262 e. The summed E-state index contributed by atoms with van der Waals surface area (Å²) in [6.07, 6.45) is 13.8. The Labute approximate surface area is 192 Å². The number of piperidine rings is 1. The van der Waals surface area contributed by atoms with Gasteiger partial charge in [-0.15, -0.1) is 0 Å². The van der Waals surface area contributed by atoms with Gasteiger partial charge in [0.15, 0.2) is 5.66 Å². The van der Waals surface area contributed by atoms with Crippen LogP contribution >= 0.6 is 0 Å². The topological polar surface area (TPSA) is 61.6 Å². The molecule has 2 saturated heterocycles. The molecule has 3 fully saturated rings. The van der Waals surface area contributed by atoms with Crippen LogP contribution in [-0.2, 0) is 4.79 Å². The summed E-state index contributed by atoms with van der Waals surface area (Å²) in [5.74, 6) is 0.859. The first-order chi connectivity index (χ1) is 15.5. The second kappa shape index (κ2) is 8.35. The molecule has 5 nitrogen and oxygen atoms in total. The lowest BCUT2D eigenvalue weighted by Gasteiger charge is -2.63. The molecule has 3 heterocycles. The molecule has 0 bridgehead atoms. The summed E-state index contributed by atoms with van der Waals surface area (Å²) in [4.78, 5) is 17.5. The van der Waals surface area contributed by atoms with Crippen molar-refractivity contribution in [2.75, 3.05) is 26.2 Å². The minimum atomic E-state index is -0.882. The maximum absolute atomic E-state index is 12.5. The van der Waals surface area contributed by atoms with Gasteiger partial charge in [-0.3, -0.25) is 14.6 Å². The molecule has 1 saturated carbocycles. The average molecular weight is 435 g/mol. The van der Waals surface area contributed by atoms with Gasteiger partial charge in [0.1, 0.15) is 0 Å². The molecular formula is C27H38N4O. The maximum atomic E-state index is 12.5. The number of primary amides is 1. The van der Waals surface area contributed by atoms with E-state index in [9.17, 15) is 4.79 Å². The Hall–Kier alpha value is -2.11. The number of hydrogen-bond acceptors (Lipinski definition) is 4. The molecule has 3 aliphatic heterocycles. The zero-order valence-electron chi connectivity index (χ0n) is 19.6. The van der Waals surface area contributed by atoms with E-state index in [0.29, 0.717) is 23.3 Å². The summed E-state index contributed by atoms with van der Waals surface area (Å²) in [6.45, 7) is 8.90. The van der Waals surface area contributed by atoms with Crippen LogP contribution in [0.5, 0.6) is 0 Å². The Morgan fingerprint density at radius 2 is 1.81 bits per heavy atom. The van der Waals surface area contributed by atoms with E-state index in [1.54, 1.807) is 5.56 Å². The highest BCUT2D eigenvalue weighted by molar-refractivity contribution is 5.87. The van der Waals surface area contributed by atoms with Gasteiger partial charge in [-0.25, -0.2) is 0 Å². The fourth-order valence-electron chi connectivity index (χ4n) is 7.04. The van der Waals surface area contributed by atoms with E-state index < -0.39 is 5.66 Å². The van der Waals surface area contributed by atoms with Crippen LogP contribution in [0.2, 0.25) is 0 Å². The Balaban J connectivity index is 1.39. The van der Waals surface area contributed by atoms with Crippen LogP contribution in [0.3, 0.4) is 0 Å². The fraction of sp³-hybridized carbons (Fsp3) is 0.593. The molecule has 1 aromatic carbocycles. The Bertz CT molecular complexity index is 908. The van der Waals surface area contributed by atoms with Crippen molar-refractivity contribution in [3.05, 3.63) is 59.8 Å². The zero-order valence-corrected chi connectivity index (χ0v) is 19.6. The van der Waals surface area contributed by atoms with Crippen molar-refractivity contribution in [1.82, 2.24) is 15.1 Å². The number of carbonyl (C=O) groups is 1. The van der Waals surface area contributed by atoms with Gasteiger partial charge in [0.2, 0.25) is 0 Å². The van der Waals surface area contributed by atoms with Crippen LogP contribution < -0.4 is 11.1 Å². The van der Waals surface area contributed by atoms with Gasteiger partial charge >= 0.3 is 0 Å². The molecule has 1 aliphatic carbocycles. The van der Waals surface area contributed by atoms with Gasteiger partial charge in [0.05, 0.1) is 0 Å². The predicted octanol–water partition coefficient (Wildman–Crippen LogP) is 3.70. The van der Waals surface area contributed by atoms with Gasteiger partial charge in [0, 0.05) is 25.0 Å². The monoisotopic (exact) mass is 434 g/mol. The van der Waals surface area contributed by atoms with Crippen LogP contribution in [0.25, 0.3) is 0 Å². The second-order valence-electron chi connectivity index (χ2n) is 10.6. The quantitative estimate of drug-likeness (QED) is 0.742. The molecule has 32 heavy (non-hydrogen) atoms. The number of nitrogens with zero attached hydrogens (tertiary/aromatic N) is 2. The second-order valence-corrected chi connectivity index (χ2v) is 10.6. The van der Waals surface area contributed by atoms with Crippen molar-refractivity contribution in [2.24, 2.45) is 11.1 Å². The van der Waals surface area contributed by atoms with E-state index in [1.165, 1.54) is 37.9 Å². The molecular weight excluding hydrogens is 396 g/mol. The van der Waals surface area contributed by atoms with Crippen molar-refractivity contribution in [2.45, 2.75) is 69.5 Å². The third-order valence-corrected chi connectivity index (χ3v) is 8.67. The summed E-state index contributed by atoms with van der Waals surface area (Å²) < 4.78 is 0. The molecule has 3 atom stereocenters. The minimum Gasteiger partial charge on any atom is -0.366 e. The van der Waals surface area contributed by atoms with E-state index in [0.717, 1.165) is 25.9 Å². The van der Waals surface area contributed by atoms with E-state index >= 15 is 0 Å². The predicted molar refractivity (Wildman–Crippen MR) is 129 cm³/mol. The van der Waals surface area contributed by atoms with Crippen LogP contribution in [0, 0.1) is 5.41 Å². The number of allylic oxidation sites excluding steroid dienone is 2. The highest BCUT2D eigenvalue weighted by atomic mass is 16.2. The number of rotatable bonds is 5. The highest BCUT2D eigenvalue weighted by Crippen LogP contribution is 2.60. The Morgan fingerprint density at radius 1 is 1.09 bits per heavy atom. The molecule has 3 N–H and O–H groups in total. The molecule has 5 rings (SSSR count). The summed E-state index contributed by atoms with van der Waals surface area (Å²) >= 11 is 0. The fourth-order valence-corrected chi connectivity index (χ4v) is 7.04. The standard InChI is InChI=1S/C27H38N4O/c1-20(2)21-9-3-4-10-22(21)23-19-26(24(23)30-15-7-8-16-30)12-17-31(18-13-26)27(25(28)32)11-5-6-14-29-27/h3-6,9-11,14,20,23-24,29H,7-8,12-13,15-19H2,1-2H3,(H2,28,32)/t23?,24-,27?/m0/s1. The highest BCUT2D eigenvalue weighted by Gasteiger charge is 2.59. The number of nitrogens with one attached hydrogen (secondary N) is 1. The van der Waals surface area contributed by atoms with E-state index in [1.807, 2.05) is 24.4 Å². The van der Waals surface area contributed by atoms with Crippen molar-refractivity contribution >= 4 is 5.91 Å². The summed E-state index contributed by atoms with van der Waals surface area (Å²) in [7, 11) is 0. The van der Waals surface area contributed by atoms with Crippen molar-refractivity contribution in [3.63, 3.8) is 0 Å². The van der Waals surface area contributed by atoms with Crippen molar-refractivity contribution in [3.8, 4) is 0 Å². The lowest BCUT2D eigenvalue weighted by atomic mass is 9.51. The first-order valence-electron chi connectivity index (χ1n) is 12.5. The first-order valence-corrected chi connectivity index (χ1v) is 12.5. The molecule has 172 valence electrons. The third-order valence-electron chi connectivity index (χ3n) is 8.67. The molecule has 4 aliphatic rings. The zero-order chi connectivity index (χ0) is 22.3. The van der Waals surface area contributed by atoms with E-state index in [2.05, 4.69) is 53.2 Å². The first kappa shape index (κ1) is 21.7. The summed E-state index contributed by atoms with van der Waals surface area (Å²) in [6, 6.07) is 9.75. The van der Waals surface area contributed by atoms with Crippen LogP contribution in [0.1, 0.15) is 68.9 Å². The van der Waals surface area contributed by atoms with Crippen LogP contribution in [0.15, 0.2) is 48.7 Å². The number of hydrogen-bond donors (Lipinski definition) is 2. The lowest BCUT2D eigenvalue weighted by Crippen LogP contribution is -2.69. The molecule has 2 unspecified atom stereocenters. The number of amides is 1. The van der Waals surface area contributed by atoms with Crippen LogP contribution in [0.4, 0.5) is 0 Å².